The van der Waals surface area contributed by atoms with E-state index in [0.717, 1.165) is 0 Å². The highest BCUT2D eigenvalue weighted by molar-refractivity contribution is 6.45. The molecule has 0 rings (SSSR count). The first-order valence-electron chi connectivity index (χ1n) is 1.78. The molecule has 0 saturated heterocycles. The Morgan fingerprint density at radius 2 is 2.00 bits per heavy atom. The standard InChI is InChI=1S/C4H5Cl3/c5-3-1-2-4(6)7/h1-2,4H,3H2/b2-1-. The van der Waals surface area contributed by atoms with Gasteiger partial charge in [0.25, 0.3) is 0 Å². The monoisotopic (exact) mass is 158 g/mol. The average Bonchev–Trinajstić information content (AvgIpc) is 1.61. The largest absolute Gasteiger partial charge is 0.125 e. The minimum absolute atomic E-state index is 0.418. The Morgan fingerprint density at radius 1 is 1.43 bits per heavy atom. The minimum atomic E-state index is -0.418. The molecule has 0 aliphatic rings. The van der Waals surface area contributed by atoms with Gasteiger partial charge >= 0.3 is 0 Å². The van der Waals surface area contributed by atoms with Crippen molar-refractivity contribution in [2.75, 3.05) is 5.88 Å². The smallest absolute Gasteiger partial charge is 0.122 e. The summed E-state index contributed by atoms with van der Waals surface area (Å²) in [5, 5.41) is 0. The zero-order valence-corrected chi connectivity index (χ0v) is 5.84. The molecular formula is C4H5Cl3. The summed E-state index contributed by atoms with van der Waals surface area (Å²) in [7, 11) is 0. The molecule has 7 heavy (non-hydrogen) atoms. The molecule has 3 heteroatoms. The van der Waals surface area contributed by atoms with Crippen LogP contribution in [0.15, 0.2) is 12.2 Å². The van der Waals surface area contributed by atoms with Crippen LogP contribution >= 0.6 is 34.8 Å². The van der Waals surface area contributed by atoms with E-state index >= 15 is 0 Å². The summed E-state index contributed by atoms with van der Waals surface area (Å²) in [6.07, 6.45) is 3.32. The van der Waals surface area contributed by atoms with E-state index in [1.54, 1.807) is 12.2 Å². The van der Waals surface area contributed by atoms with Gasteiger partial charge in [-0.05, 0) is 0 Å². The maximum absolute atomic E-state index is 5.28. The van der Waals surface area contributed by atoms with Crippen molar-refractivity contribution >= 4 is 34.8 Å². The van der Waals surface area contributed by atoms with Crippen LogP contribution in [0.25, 0.3) is 0 Å². The zero-order chi connectivity index (χ0) is 5.70. The molecule has 0 aromatic heterocycles. The Labute approximate surface area is 58.1 Å². The highest BCUT2D eigenvalue weighted by atomic mass is 35.5. The minimum Gasteiger partial charge on any atom is -0.122 e. The van der Waals surface area contributed by atoms with Crippen molar-refractivity contribution < 1.29 is 0 Å². The maximum Gasteiger partial charge on any atom is 0.125 e. The van der Waals surface area contributed by atoms with E-state index in [-0.39, 0.29) is 0 Å². The van der Waals surface area contributed by atoms with Crippen LogP contribution in [0.3, 0.4) is 0 Å². The van der Waals surface area contributed by atoms with Gasteiger partial charge in [0.2, 0.25) is 0 Å². The molecule has 0 amide bonds. The molecule has 0 heterocycles. The van der Waals surface area contributed by atoms with Crippen LogP contribution in [-0.4, -0.2) is 10.7 Å². The van der Waals surface area contributed by atoms with Gasteiger partial charge in [-0.3, -0.25) is 0 Å². The average molecular weight is 159 g/mol. The third kappa shape index (κ3) is 6.61. The van der Waals surface area contributed by atoms with Crippen molar-refractivity contribution in [1.82, 2.24) is 0 Å². The number of hydrogen-bond donors (Lipinski definition) is 0. The molecule has 0 bridgehead atoms. The van der Waals surface area contributed by atoms with Crippen molar-refractivity contribution in [2.45, 2.75) is 4.84 Å². The van der Waals surface area contributed by atoms with Crippen LogP contribution in [-0.2, 0) is 0 Å². The molecular weight excluding hydrogens is 154 g/mol. The first kappa shape index (κ1) is 7.61. The third-order valence-electron chi connectivity index (χ3n) is 0.371. The molecule has 0 nitrogen and oxygen atoms in total. The Bertz CT molecular complexity index is 58.0. The Kier molecular flexibility index (Phi) is 5.18. The van der Waals surface area contributed by atoms with Crippen molar-refractivity contribution in [1.29, 1.82) is 0 Å². The second-order valence-corrected chi connectivity index (χ2v) is 2.39. The zero-order valence-electron chi connectivity index (χ0n) is 3.57. The quantitative estimate of drug-likeness (QED) is 0.429. The predicted molar refractivity (Wildman–Crippen MR) is 35.4 cm³/mol. The van der Waals surface area contributed by atoms with Gasteiger partial charge in [-0.25, -0.2) is 0 Å². The van der Waals surface area contributed by atoms with Crippen LogP contribution in [0.1, 0.15) is 0 Å². The fraction of sp³-hybridized carbons (Fsp3) is 0.500. The summed E-state index contributed by atoms with van der Waals surface area (Å²) >= 11 is 15.8. The number of rotatable bonds is 2. The van der Waals surface area contributed by atoms with E-state index < -0.39 is 4.84 Å². The molecule has 0 radical (unpaired) electrons. The lowest BCUT2D eigenvalue weighted by molar-refractivity contribution is 1.56. The molecule has 0 aliphatic carbocycles. The second kappa shape index (κ2) is 4.76. The van der Waals surface area contributed by atoms with Crippen LogP contribution in [0, 0.1) is 0 Å². The van der Waals surface area contributed by atoms with Gasteiger partial charge in [-0.2, -0.15) is 0 Å². The second-order valence-electron chi connectivity index (χ2n) is 0.917. The molecule has 0 aromatic rings. The number of alkyl halides is 3. The van der Waals surface area contributed by atoms with Gasteiger partial charge in [0.15, 0.2) is 0 Å². The first-order valence-corrected chi connectivity index (χ1v) is 3.19. The molecule has 42 valence electrons. The maximum atomic E-state index is 5.28. The number of halogens is 3. The highest BCUT2D eigenvalue weighted by Gasteiger charge is 1.84. The van der Waals surface area contributed by atoms with Gasteiger partial charge in [-0.1, -0.05) is 12.2 Å². The highest BCUT2D eigenvalue weighted by Crippen LogP contribution is 2.01. The first-order chi connectivity index (χ1) is 3.27. The van der Waals surface area contributed by atoms with Crippen molar-refractivity contribution in [2.24, 2.45) is 0 Å². The van der Waals surface area contributed by atoms with Gasteiger partial charge in [0.1, 0.15) is 4.84 Å². The molecule has 0 aliphatic heterocycles. The lowest BCUT2D eigenvalue weighted by atomic mass is 10.6. The molecule has 0 aromatic carbocycles. The van der Waals surface area contributed by atoms with Gasteiger partial charge < -0.3 is 0 Å². The lowest BCUT2D eigenvalue weighted by Crippen LogP contribution is -1.74. The van der Waals surface area contributed by atoms with Crippen LogP contribution in [0.5, 0.6) is 0 Å². The lowest BCUT2D eigenvalue weighted by Gasteiger charge is -1.83. The topological polar surface area (TPSA) is 0 Å². The molecule has 0 fully saturated rings. The van der Waals surface area contributed by atoms with E-state index in [2.05, 4.69) is 0 Å². The van der Waals surface area contributed by atoms with E-state index in [0.29, 0.717) is 5.88 Å². The summed E-state index contributed by atoms with van der Waals surface area (Å²) in [6.45, 7) is 0. The predicted octanol–water partition coefficient (Wildman–Crippen LogP) is 2.59. The van der Waals surface area contributed by atoms with Crippen molar-refractivity contribution in [3.63, 3.8) is 0 Å². The van der Waals surface area contributed by atoms with Gasteiger partial charge in [0, 0.05) is 5.88 Å². The third-order valence-corrected chi connectivity index (χ3v) is 0.840. The number of allylic oxidation sites excluding steroid dienone is 2. The summed E-state index contributed by atoms with van der Waals surface area (Å²) in [6, 6.07) is 0. The molecule has 0 atom stereocenters. The van der Waals surface area contributed by atoms with E-state index in [9.17, 15) is 0 Å². The van der Waals surface area contributed by atoms with E-state index in [4.69, 9.17) is 34.8 Å². The summed E-state index contributed by atoms with van der Waals surface area (Å²) in [5.41, 5.74) is 0. The molecule has 0 N–H and O–H groups in total. The van der Waals surface area contributed by atoms with E-state index in [1.807, 2.05) is 0 Å². The van der Waals surface area contributed by atoms with Gasteiger partial charge in [-0.15, -0.1) is 34.8 Å². The van der Waals surface area contributed by atoms with Gasteiger partial charge in [0.05, 0.1) is 0 Å². The number of hydrogen-bond acceptors (Lipinski definition) is 0. The SMILES string of the molecule is ClC/C=C\C(Cl)Cl. The summed E-state index contributed by atoms with van der Waals surface area (Å²) < 4.78 is 0. The Morgan fingerprint density at radius 3 is 2.14 bits per heavy atom. The van der Waals surface area contributed by atoms with Crippen LogP contribution in [0.2, 0.25) is 0 Å². The van der Waals surface area contributed by atoms with Crippen LogP contribution in [0.4, 0.5) is 0 Å². The normalized spacial score (nSPS) is 11.4. The molecule has 0 spiro atoms. The summed E-state index contributed by atoms with van der Waals surface area (Å²) in [5.74, 6) is 0.468. The van der Waals surface area contributed by atoms with E-state index in [1.165, 1.54) is 0 Å². The molecule has 0 unspecified atom stereocenters. The van der Waals surface area contributed by atoms with Crippen molar-refractivity contribution in [3.8, 4) is 0 Å². The van der Waals surface area contributed by atoms with Crippen molar-refractivity contribution in [3.05, 3.63) is 12.2 Å². The van der Waals surface area contributed by atoms with Crippen LogP contribution < -0.4 is 0 Å². The molecule has 0 saturated carbocycles. The Balaban J connectivity index is 3.08. The Hall–Kier alpha value is 0.610. The summed E-state index contributed by atoms with van der Waals surface area (Å²) in [4.78, 5) is -0.418. The fourth-order valence-corrected chi connectivity index (χ4v) is 0.463. The fourth-order valence-electron chi connectivity index (χ4n) is 0.154.